The van der Waals surface area contributed by atoms with Crippen molar-refractivity contribution >= 4 is 0 Å². The van der Waals surface area contributed by atoms with Crippen LogP contribution in [-0.2, 0) is 0 Å². The van der Waals surface area contributed by atoms with Crippen LogP contribution in [0, 0.1) is 19.1 Å². The van der Waals surface area contributed by atoms with Crippen molar-refractivity contribution in [1.82, 2.24) is 0 Å². The second kappa shape index (κ2) is 4.76. The first kappa shape index (κ1) is 12.5. The summed E-state index contributed by atoms with van der Waals surface area (Å²) in [5, 5.41) is 29.6. The standard InChI is InChI=1S/C14H15NO3/c1-9-7-12(8-10(2)13(9)14(16)17)11-3-5-15(18)6-4-11/h3-8,14,16-17H,1-2H3. The third-order valence-electron chi connectivity index (χ3n) is 2.99. The Bertz CT molecular complexity index is 539. The Kier molecular flexibility index (Phi) is 3.32. The van der Waals surface area contributed by atoms with Gasteiger partial charge in [0, 0.05) is 17.7 Å². The number of aliphatic hydroxyl groups is 2. The molecule has 0 radical (unpaired) electrons. The number of hydrogen-bond acceptors (Lipinski definition) is 3. The molecule has 2 N–H and O–H groups in total. The van der Waals surface area contributed by atoms with Gasteiger partial charge in [0.15, 0.2) is 18.7 Å². The van der Waals surface area contributed by atoms with Gasteiger partial charge in [-0.3, -0.25) is 0 Å². The van der Waals surface area contributed by atoms with Crippen molar-refractivity contribution in [2.45, 2.75) is 20.1 Å². The largest absolute Gasteiger partial charge is 0.619 e. The zero-order valence-electron chi connectivity index (χ0n) is 10.3. The summed E-state index contributed by atoms with van der Waals surface area (Å²) in [6.45, 7) is 3.67. The number of hydrogen-bond donors (Lipinski definition) is 2. The van der Waals surface area contributed by atoms with Crippen LogP contribution in [0.25, 0.3) is 11.1 Å². The van der Waals surface area contributed by atoms with Crippen LogP contribution in [0.3, 0.4) is 0 Å². The molecule has 94 valence electrons. The molecule has 1 aromatic heterocycles. The highest BCUT2D eigenvalue weighted by atomic mass is 16.5. The summed E-state index contributed by atoms with van der Waals surface area (Å²) in [5.41, 5.74) is 4.05. The van der Waals surface area contributed by atoms with Gasteiger partial charge in [-0.1, -0.05) is 12.1 Å². The van der Waals surface area contributed by atoms with E-state index < -0.39 is 6.29 Å². The van der Waals surface area contributed by atoms with E-state index in [4.69, 9.17) is 0 Å². The van der Waals surface area contributed by atoms with Crippen LogP contribution in [0.15, 0.2) is 36.7 Å². The predicted molar refractivity (Wildman–Crippen MR) is 67.5 cm³/mol. The lowest BCUT2D eigenvalue weighted by atomic mass is 9.96. The fraction of sp³-hybridized carbons (Fsp3) is 0.214. The van der Waals surface area contributed by atoms with Gasteiger partial charge < -0.3 is 15.4 Å². The molecule has 0 aliphatic carbocycles. The smallest absolute Gasteiger partial charge is 0.180 e. The first-order valence-corrected chi connectivity index (χ1v) is 5.65. The maximum absolute atomic E-state index is 11.0. The molecule has 0 saturated heterocycles. The summed E-state index contributed by atoms with van der Waals surface area (Å²) in [5.74, 6) is 0. The van der Waals surface area contributed by atoms with E-state index in [-0.39, 0.29) is 0 Å². The van der Waals surface area contributed by atoms with Crippen molar-refractivity contribution < 1.29 is 14.9 Å². The number of nitrogens with zero attached hydrogens (tertiary/aromatic N) is 1. The van der Waals surface area contributed by atoms with Gasteiger partial charge in [0.1, 0.15) is 0 Å². The maximum atomic E-state index is 11.0. The summed E-state index contributed by atoms with van der Waals surface area (Å²) >= 11 is 0. The lowest BCUT2D eigenvalue weighted by molar-refractivity contribution is -0.605. The molecule has 0 bridgehead atoms. The fourth-order valence-corrected chi connectivity index (χ4v) is 2.15. The Morgan fingerprint density at radius 1 is 1.00 bits per heavy atom. The normalized spacial score (nSPS) is 10.9. The SMILES string of the molecule is Cc1cc(-c2cc[n+]([O-])cc2)cc(C)c1C(O)O. The highest BCUT2D eigenvalue weighted by Gasteiger charge is 2.12. The average molecular weight is 245 g/mol. The molecule has 0 fully saturated rings. The van der Waals surface area contributed by atoms with E-state index in [0.717, 1.165) is 27.0 Å². The van der Waals surface area contributed by atoms with E-state index in [9.17, 15) is 15.4 Å². The fourth-order valence-electron chi connectivity index (χ4n) is 2.15. The molecule has 4 heteroatoms. The van der Waals surface area contributed by atoms with Crippen LogP contribution in [0.1, 0.15) is 23.0 Å². The molecule has 2 aromatic rings. The molecule has 0 atom stereocenters. The van der Waals surface area contributed by atoms with E-state index >= 15 is 0 Å². The predicted octanol–water partition coefficient (Wildman–Crippen LogP) is 1.59. The topological polar surface area (TPSA) is 67.4 Å². The molecule has 0 saturated carbocycles. The van der Waals surface area contributed by atoms with Gasteiger partial charge in [-0.25, -0.2) is 0 Å². The van der Waals surface area contributed by atoms with Crippen molar-refractivity contribution in [3.63, 3.8) is 0 Å². The molecule has 2 rings (SSSR count). The van der Waals surface area contributed by atoms with Gasteiger partial charge in [-0.2, -0.15) is 4.73 Å². The minimum atomic E-state index is -1.46. The zero-order valence-corrected chi connectivity index (χ0v) is 10.3. The summed E-state index contributed by atoms with van der Waals surface area (Å²) in [6, 6.07) is 7.23. The summed E-state index contributed by atoms with van der Waals surface area (Å²) < 4.78 is 0.731. The van der Waals surface area contributed by atoms with E-state index in [0.29, 0.717) is 5.56 Å². The van der Waals surface area contributed by atoms with E-state index in [1.807, 2.05) is 26.0 Å². The number of pyridine rings is 1. The lowest BCUT2D eigenvalue weighted by Gasteiger charge is -2.14. The number of rotatable bonds is 2. The first-order valence-electron chi connectivity index (χ1n) is 5.65. The molecule has 1 aromatic carbocycles. The molecular formula is C14H15NO3. The molecule has 0 aliphatic rings. The van der Waals surface area contributed by atoms with Crippen LogP contribution in [0.4, 0.5) is 0 Å². The zero-order chi connectivity index (χ0) is 13.3. The Morgan fingerprint density at radius 2 is 1.50 bits per heavy atom. The third-order valence-corrected chi connectivity index (χ3v) is 2.99. The Labute approximate surface area is 105 Å². The molecular weight excluding hydrogens is 230 g/mol. The van der Waals surface area contributed by atoms with Crippen LogP contribution in [0.2, 0.25) is 0 Å². The maximum Gasteiger partial charge on any atom is 0.180 e. The molecule has 18 heavy (non-hydrogen) atoms. The second-order valence-corrected chi connectivity index (χ2v) is 4.34. The van der Waals surface area contributed by atoms with E-state index in [2.05, 4.69) is 0 Å². The van der Waals surface area contributed by atoms with Crippen LogP contribution >= 0.6 is 0 Å². The van der Waals surface area contributed by atoms with Crippen molar-refractivity contribution in [1.29, 1.82) is 0 Å². The van der Waals surface area contributed by atoms with Crippen molar-refractivity contribution in [3.05, 3.63) is 58.6 Å². The number of aryl methyl sites for hydroxylation is 2. The number of aliphatic hydroxyl groups excluding tert-OH is 1. The van der Waals surface area contributed by atoms with E-state index in [1.54, 1.807) is 12.1 Å². The van der Waals surface area contributed by atoms with Crippen LogP contribution in [-0.4, -0.2) is 10.2 Å². The highest BCUT2D eigenvalue weighted by molar-refractivity contribution is 5.65. The van der Waals surface area contributed by atoms with Crippen LogP contribution < -0.4 is 4.73 Å². The minimum Gasteiger partial charge on any atom is -0.619 e. The van der Waals surface area contributed by atoms with Gasteiger partial charge >= 0.3 is 0 Å². The summed E-state index contributed by atoms with van der Waals surface area (Å²) in [7, 11) is 0. The quantitative estimate of drug-likeness (QED) is 0.479. The Hall–Kier alpha value is -1.91. The van der Waals surface area contributed by atoms with Crippen molar-refractivity contribution in [2.75, 3.05) is 0 Å². The van der Waals surface area contributed by atoms with Gasteiger partial charge in [0.25, 0.3) is 0 Å². The highest BCUT2D eigenvalue weighted by Crippen LogP contribution is 2.27. The minimum absolute atomic E-state index is 0.536. The second-order valence-electron chi connectivity index (χ2n) is 4.34. The molecule has 4 nitrogen and oxygen atoms in total. The van der Waals surface area contributed by atoms with Gasteiger partial charge in [-0.05, 0) is 36.1 Å². The molecule has 0 unspecified atom stereocenters. The third kappa shape index (κ3) is 2.34. The molecule has 0 aliphatic heterocycles. The molecule has 1 heterocycles. The lowest BCUT2D eigenvalue weighted by Crippen LogP contribution is -2.23. The average Bonchev–Trinajstić information content (AvgIpc) is 2.28. The number of aromatic nitrogens is 1. The Morgan fingerprint density at radius 3 is 1.94 bits per heavy atom. The van der Waals surface area contributed by atoms with Gasteiger partial charge in [-0.15, -0.1) is 0 Å². The van der Waals surface area contributed by atoms with Gasteiger partial charge in [0.05, 0.1) is 0 Å². The van der Waals surface area contributed by atoms with E-state index in [1.165, 1.54) is 12.4 Å². The van der Waals surface area contributed by atoms with Gasteiger partial charge in [0.2, 0.25) is 0 Å². The Balaban J connectivity index is 2.51. The number of benzene rings is 1. The van der Waals surface area contributed by atoms with Crippen molar-refractivity contribution in [3.8, 4) is 11.1 Å². The summed E-state index contributed by atoms with van der Waals surface area (Å²) in [6.07, 6.45) is 1.42. The first-order chi connectivity index (χ1) is 8.49. The molecule has 0 amide bonds. The summed E-state index contributed by atoms with van der Waals surface area (Å²) in [4.78, 5) is 0. The van der Waals surface area contributed by atoms with Crippen LogP contribution in [0.5, 0.6) is 0 Å². The molecule has 0 spiro atoms. The van der Waals surface area contributed by atoms with Crippen molar-refractivity contribution in [2.24, 2.45) is 0 Å². The monoisotopic (exact) mass is 245 g/mol.